The van der Waals surface area contributed by atoms with Gasteiger partial charge < -0.3 is 21.1 Å². The van der Waals surface area contributed by atoms with Crippen LogP contribution in [0, 0.1) is 18.7 Å². The van der Waals surface area contributed by atoms with E-state index in [0.29, 0.717) is 54.1 Å². The molecule has 2 fully saturated rings. The number of hydrogen-bond donors (Lipinski definition) is 3. The number of ether oxygens (including phenoxy) is 1. The zero-order valence-corrected chi connectivity index (χ0v) is 20.3. The van der Waals surface area contributed by atoms with E-state index in [2.05, 4.69) is 15.6 Å². The SMILES string of the molecule is Cc1cc(Nc2nc3cnc(NC4CCOCC4)nc3n2[C@H]2CC[C@@H](C(N)=O)CC2)c(F)cc1Cl. The van der Waals surface area contributed by atoms with Crippen LogP contribution in [0.4, 0.5) is 22.0 Å². The van der Waals surface area contributed by atoms with Gasteiger partial charge in [-0.2, -0.15) is 4.98 Å². The van der Waals surface area contributed by atoms with E-state index in [-0.39, 0.29) is 29.6 Å². The Morgan fingerprint density at radius 1 is 1.17 bits per heavy atom. The van der Waals surface area contributed by atoms with Crippen LogP contribution in [-0.2, 0) is 9.53 Å². The number of aryl methyl sites for hydroxylation is 1. The van der Waals surface area contributed by atoms with Crippen LogP contribution in [0.15, 0.2) is 18.3 Å². The van der Waals surface area contributed by atoms with E-state index in [1.54, 1.807) is 12.3 Å². The van der Waals surface area contributed by atoms with Gasteiger partial charge in [-0.25, -0.2) is 14.4 Å². The molecule has 3 aromatic rings. The van der Waals surface area contributed by atoms with E-state index in [1.165, 1.54) is 6.07 Å². The summed E-state index contributed by atoms with van der Waals surface area (Å²) in [6.45, 7) is 3.24. The Labute approximate surface area is 207 Å². The monoisotopic (exact) mass is 501 g/mol. The number of nitrogens with one attached hydrogen (secondary N) is 2. The first kappa shape index (κ1) is 23.7. The number of benzene rings is 1. The second-order valence-corrected chi connectivity index (χ2v) is 9.76. The number of aromatic nitrogens is 4. The van der Waals surface area contributed by atoms with E-state index in [0.717, 1.165) is 31.2 Å². The largest absolute Gasteiger partial charge is 0.381 e. The maximum absolute atomic E-state index is 14.7. The summed E-state index contributed by atoms with van der Waals surface area (Å²) < 4.78 is 22.2. The minimum atomic E-state index is -0.468. The fraction of sp³-hybridized carbons (Fsp3) is 0.500. The fourth-order valence-corrected chi connectivity index (χ4v) is 5.06. The summed E-state index contributed by atoms with van der Waals surface area (Å²) >= 11 is 6.08. The minimum Gasteiger partial charge on any atom is -0.381 e. The minimum absolute atomic E-state index is 0.0281. The molecule has 3 heterocycles. The van der Waals surface area contributed by atoms with Crippen molar-refractivity contribution in [2.45, 2.75) is 57.5 Å². The average molecular weight is 502 g/mol. The van der Waals surface area contributed by atoms with Crippen molar-refractivity contribution in [3.8, 4) is 0 Å². The molecule has 2 aromatic heterocycles. The van der Waals surface area contributed by atoms with Crippen molar-refractivity contribution in [1.29, 1.82) is 0 Å². The van der Waals surface area contributed by atoms with Gasteiger partial charge in [0, 0.05) is 36.2 Å². The molecule has 9 nitrogen and oxygen atoms in total. The first-order valence-corrected chi connectivity index (χ1v) is 12.4. The topological polar surface area (TPSA) is 120 Å². The summed E-state index contributed by atoms with van der Waals surface area (Å²) in [5.41, 5.74) is 7.84. The molecular formula is C24H29ClFN7O2. The summed E-state index contributed by atoms with van der Waals surface area (Å²) in [7, 11) is 0. The van der Waals surface area contributed by atoms with Gasteiger partial charge in [-0.05, 0) is 63.1 Å². The fourth-order valence-electron chi connectivity index (χ4n) is 4.91. The van der Waals surface area contributed by atoms with Crippen LogP contribution in [0.1, 0.15) is 50.1 Å². The molecule has 0 bridgehead atoms. The van der Waals surface area contributed by atoms with E-state index in [4.69, 9.17) is 32.0 Å². The van der Waals surface area contributed by atoms with Gasteiger partial charge in [-0.1, -0.05) is 11.6 Å². The van der Waals surface area contributed by atoms with E-state index >= 15 is 0 Å². The van der Waals surface area contributed by atoms with Gasteiger partial charge in [-0.15, -0.1) is 0 Å². The number of nitrogens with zero attached hydrogens (tertiary/aromatic N) is 4. The van der Waals surface area contributed by atoms with E-state index in [9.17, 15) is 9.18 Å². The quantitative estimate of drug-likeness (QED) is 0.455. The molecule has 0 atom stereocenters. The van der Waals surface area contributed by atoms with Crippen LogP contribution in [0.3, 0.4) is 0 Å². The second kappa shape index (κ2) is 9.94. The number of carbonyl (C=O) groups is 1. The molecule has 35 heavy (non-hydrogen) atoms. The van der Waals surface area contributed by atoms with Crippen LogP contribution in [0.25, 0.3) is 11.2 Å². The number of fused-ring (bicyclic) bond motifs is 1. The number of imidazole rings is 1. The zero-order valence-electron chi connectivity index (χ0n) is 19.6. The molecule has 1 saturated heterocycles. The van der Waals surface area contributed by atoms with Gasteiger partial charge in [0.05, 0.1) is 11.9 Å². The normalized spacial score (nSPS) is 21.2. The first-order chi connectivity index (χ1) is 16.9. The number of carbonyl (C=O) groups excluding carboxylic acids is 1. The number of halogens is 2. The van der Waals surface area contributed by atoms with Crippen molar-refractivity contribution in [3.63, 3.8) is 0 Å². The number of primary amides is 1. The summed E-state index contributed by atoms with van der Waals surface area (Å²) in [6.07, 6.45) is 6.31. The zero-order chi connectivity index (χ0) is 24.5. The summed E-state index contributed by atoms with van der Waals surface area (Å²) in [6, 6.07) is 3.22. The van der Waals surface area contributed by atoms with Gasteiger partial charge in [0.2, 0.25) is 17.8 Å². The molecule has 0 spiro atoms. The lowest BCUT2D eigenvalue weighted by Crippen LogP contribution is -2.29. The Kier molecular flexibility index (Phi) is 6.75. The van der Waals surface area contributed by atoms with E-state index in [1.807, 2.05) is 11.5 Å². The van der Waals surface area contributed by atoms with Gasteiger partial charge in [0.1, 0.15) is 11.3 Å². The Morgan fingerprint density at radius 2 is 1.91 bits per heavy atom. The molecule has 1 saturated carbocycles. The summed E-state index contributed by atoms with van der Waals surface area (Å²) in [5, 5.41) is 6.92. The predicted molar refractivity (Wildman–Crippen MR) is 132 cm³/mol. The lowest BCUT2D eigenvalue weighted by atomic mass is 9.85. The number of nitrogens with two attached hydrogens (primary N) is 1. The third-order valence-electron chi connectivity index (χ3n) is 6.95. The molecule has 11 heteroatoms. The molecule has 0 radical (unpaired) electrons. The molecule has 1 amide bonds. The van der Waals surface area contributed by atoms with Crippen molar-refractivity contribution in [1.82, 2.24) is 19.5 Å². The highest BCUT2D eigenvalue weighted by Gasteiger charge is 2.29. The molecular weight excluding hydrogens is 473 g/mol. The van der Waals surface area contributed by atoms with Crippen molar-refractivity contribution in [2.24, 2.45) is 11.7 Å². The lowest BCUT2D eigenvalue weighted by Gasteiger charge is -2.29. The lowest BCUT2D eigenvalue weighted by molar-refractivity contribution is -0.122. The molecule has 186 valence electrons. The Balaban J connectivity index is 1.51. The van der Waals surface area contributed by atoms with Crippen LogP contribution >= 0.6 is 11.6 Å². The molecule has 0 unspecified atom stereocenters. The maximum atomic E-state index is 14.7. The highest BCUT2D eigenvalue weighted by atomic mass is 35.5. The highest BCUT2D eigenvalue weighted by molar-refractivity contribution is 6.31. The van der Waals surface area contributed by atoms with Crippen LogP contribution in [0.5, 0.6) is 0 Å². The third kappa shape index (κ3) is 5.04. The highest BCUT2D eigenvalue weighted by Crippen LogP contribution is 2.37. The van der Waals surface area contributed by atoms with Gasteiger partial charge in [0.15, 0.2) is 5.65 Å². The summed E-state index contributed by atoms with van der Waals surface area (Å²) in [5.74, 6) is 0.136. The Bertz CT molecular complexity index is 1240. The standard InChI is InChI=1S/C24H29ClFN7O2/c1-13-10-19(18(26)11-17(13)25)30-24-31-20-12-28-23(29-15-6-8-35-9-7-15)32-22(20)33(24)16-4-2-14(3-5-16)21(27)34/h10-12,14-16H,2-9H2,1H3,(H2,27,34)(H,30,31)(H,28,29,32)/t14-,16+. The second-order valence-electron chi connectivity index (χ2n) is 9.35. The number of amides is 1. The number of hydrogen-bond acceptors (Lipinski definition) is 7. The maximum Gasteiger partial charge on any atom is 0.224 e. The van der Waals surface area contributed by atoms with E-state index < -0.39 is 5.82 Å². The number of anilines is 3. The average Bonchev–Trinajstić information content (AvgIpc) is 3.20. The first-order valence-electron chi connectivity index (χ1n) is 12.0. The molecule has 5 rings (SSSR count). The molecule has 1 aromatic carbocycles. The van der Waals surface area contributed by atoms with Crippen molar-refractivity contribution < 1.29 is 13.9 Å². The molecule has 1 aliphatic carbocycles. The van der Waals surface area contributed by atoms with Crippen molar-refractivity contribution in [3.05, 3.63) is 34.7 Å². The summed E-state index contributed by atoms with van der Waals surface area (Å²) in [4.78, 5) is 25.7. The van der Waals surface area contributed by atoms with Gasteiger partial charge in [-0.3, -0.25) is 9.36 Å². The Hall–Kier alpha value is -2.98. The van der Waals surface area contributed by atoms with Crippen molar-refractivity contribution >= 4 is 46.3 Å². The predicted octanol–water partition coefficient (Wildman–Crippen LogP) is 4.48. The number of rotatable bonds is 6. The smallest absolute Gasteiger partial charge is 0.224 e. The Morgan fingerprint density at radius 3 is 2.63 bits per heavy atom. The molecule has 2 aliphatic rings. The van der Waals surface area contributed by atoms with Crippen LogP contribution in [0.2, 0.25) is 5.02 Å². The van der Waals surface area contributed by atoms with Crippen molar-refractivity contribution in [2.75, 3.05) is 23.8 Å². The van der Waals surface area contributed by atoms with Gasteiger partial charge >= 0.3 is 0 Å². The van der Waals surface area contributed by atoms with Gasteiger partial charge in [0.25, 0.3) is 0 Å². The molecule has 4 N–H and O–H groups in total. The third-order valence-corrected chi connectivity index (χ3v) is 7.35. The van der Waals surface area contributed by atoms with Crippen LogP contribution in [-0.4, -0.2) is 44.7 Å². The van der Waals surface area contributed by atoms with Crippen LogP contribution < -0.4 is 16.4 Å². The molecule has 1 aliphatic heterocycles.